The number of aliphatic carboxylic acids is 1. The van der Waals surface area contributed by atoms with Crippen molar-refractivity contribution in [3.63, 3.8) is 0 Å². The highest BCUT2D eigenvalue weighted by molar-refractivity contribution is 5.79. The Morgan fingerprint density at radius 1 is 0.800 bits per heavy atom. The summed E-state index contributed by atoms with van der Waals surface area (Å²) in [5.41, 5.74) is -1.27. The lowest BCUT2D eigenvalue weighted by molar-refractivity contribution is -0.160. The van der Waals surface area contributed by atoms with E-state index in [1.807, 2.05) is 6.07 Å². The number of hydrogen-bond acceptors (Lipinski definition) is 2. The van der Waals surface area contributed by atoms with Crippen LogP contribution in [0.4, 0.5) is 0 Å². The number of hydrogen-bond donors (Lipinski definition) is 2. The Morgan fingerprint density at radius 2 is 1.24 bits per heavy atom. The Morgan fingerprint density at radius 3 is 1.68 bits per heavy atom. The lowest BCUT2D eigenvalue weighted by Gasteiger charge is -2.23. The molecule has 0 radical (unpaired) electrons. The van der Waals surface area contributed by atoms with Gasteiger partial charge < -0.3 is 10.2 Å². The van der Waals surface area contributed by atoms with Gasteiger partial charge in [0.25, 0.3) is 0 Å². The van der Waals surface area contributed by atoms with Crippen LogP contribution in [0.3, 0.4) is 0 Å². The van der Waals surface area contributed by atoms with Crippen molar-refractivity contribution in [3.05, 3.63) is 35.9 Å². The first-order valence-electron chi connectivity index (χ1n) is 10.1. The molecule has 0 spiro atoms. The summed E-state index contributed by atoms with van der Waals surface area (Å²) in [5.74, 6) is -1.15. The summed E-state index contributed by atoms with van der Waals surface area (Å²) in [6.07, 6.45) is 15.1. The predicted octanol–water partition coefficient (Wildman–Crippen LogP) is 6.05. The quantitative estimate of drug-likeness (QED) is 0.379. The van der Waals surface area contributed by atoms with E-state index in [4.69, 9.17) is 0 Å². The fraction of sp³-hybridized carbons (Fsp3) is 0.682. The van der Waals surface area contributed by atoms with Crippen LogP contribution in [-0.4, -0.2) is 16.2 Å². The van der Waals surface area contributed by atoms with Crippen molar-refractivity contribution in [2.45, 2.75) is 96.0 Å². The lowest BCUT2D eigenvalue weighted by Crippen LogP contribution is -2.35. The molecule has 1 aromatic carbocycles. The van der Waals surface area contributed by atoms with Gasteiger partial charge in [-0.25, -0.2) is 4.79 Å². The molecule has 0 saturated heterocycles. The van der Waals surface area contributed by atoms with Gasteiger partial charge in [0.15, 0.2) is 5.60 Å². The summed E-state index contributed by atoms with van der Waals surface area (Å²) in [5, 5.41) is 19.9. The Kier molecular flexibility index (Phi) is 11.2. The van der Waals surface area contributed by atoms with Gasteiger partial charge >= 0.3 is 5.97 Å². The fourth-order valence-electron chi connectivity index (χ4n) is 3.31. The summed E-state index contributed by atoms with van der Waals surface area (Å²) in [6, 6.07) is 8.75. The van der Waals surface area contributed by atoms with Crippen LogP contribution in [0.25, 0.3) is 0 Å². The maximum Gasteiger partial charge on any atom is 0.340 e. The summed E-state index contributed by atoms with van der Waals surface area (Å²) < 4.78 is 0. The standard InChI is InChI=1S/C22H36O3/c1-2-3-4-5-6-7-8-9-10-11-12-16-19-22(25,21(23)24)20-17-14-13-15-18-20/h13-15,17-18,25H,2-12,16,19H2,1H3,(H,23,24). The highest BCUT2D eigenvalue weighted by atomic mass is 16.4. The molecule has 3 nitrogen and oxygen atoms in total. The highest BCUT2D eigenvalue weighted by Gasteiger charge is 2.37. The molecular formula is C22H36O3. The molecule has 2 N–H and O–H groups in total. The van der Waals surface area contributed by atoms with E-state index in [1.54, 1.807) is 24.3 Å². The van der Waals surface area contributed by atoms with Crippen molar-refractivity contribution in [1.82, 2.24) is 0 Å². The second-order valence-electron chi connectivity index (χ2n) is 7.17. The summed E-state index contributed by atoms with van der Waals surface area (Å²) in [7, 11) is 0. The zero-order chi connectivity index (χ0) is 18.4. The second kappa shape index (κ2) is 12.9. The Balaban J connectivity index is 2.11. The monoisotopic (exact) mass is 348 g/mol. The minimum Gasteiger partial charge on any atom is -0.479 e. The van der Waals surface area contributed by atoms with E-state index in [0.717, 1.165) is 19.3 Å². The van der Waals surface area contributed by atoms with Crippen molar-refractivity contribution in [2.75, 3.05) is 0 Å². The van der Waals surface area contributed by atoms with E-state index in [1.165, 1.54) is 57.8 Å². The number of rotatable bonds is 15. The molecule has 1 aromatic rings. The van der Waals surface area contributed by atoms with Gasteiger partial charge in [-0.2, -0.15) is 0 Å². The fourth-order valence-corrected chi connectivity index (χ4v) is 3.31. The van der Waals surface area contributed by atoms with E-state index in [2.05, 4.69) is 6.92 Å². The number of unbranched alkanes of at least 4 members (excludes halogenated alkanes) is 11. The average Bonchev–Trinajstić information content (AvgIpc) is 2.63. The van der Waals surface area contributed by atoms with Crippen LogP contribution in [0.1, 0.15) is 96.0 Å². The molecule has 0 aliphatic heterocycles. The molecule has 0 amide bonds. The molecule has 3 heteroatoms. The molecule has 142 valence electrons. The Labute approximate surface area is 153 Å². The summed E-state index contributed by atoms with van der Waals surface area (Å²) >= 11 is 0. The Bertz CT molecular complexity index is 458. The first kappa shape index (κ1) is 21.7. The third-order valence-corrected chi connectivity index (χ3v) is 5.00. The zero-order valence-electron chi connectivity index (χ0n) is 15.9. The van der Waals surface area contributed by atoms with Crippen molar-refractivity contribution >= 4 is 5.97 Å². The molecule has 0 aromatic heterocycles. The van der Waals surface area contributed by atoms with Gasteiger partial charge in [-0.15, -0.1) is 0 Å². The van der Waals surface area contributed by atoms with Gasteiger partial charge in [-0.3, -0.25) is 0 Å². The van der Waals surface area contributed by atoms with Gasteiger partial charge in [0.2, 0.25) is 0 Å². The van der Waals surface area contributed by atoms with E-state index >= 15 is 0 Å². The SMILES string of the molecule is CCCCCCCCCCCCCCC(O)(C(=O)O)c1ccccc1. The molecule has 1 atom stereocenters. The number of benzene rings is 1. The smallest absolute Gasteiger partial charge is 0.340 e. The number of carboxylic acid groups (broad SMARTS) is 1. The summed E-state index contributed by atoms with van der Waals surface area (Å²) in [6.45, 7) is 2.25. The minimum absolute atomic E-state index is 0.282. The molecule has 0 bridgehead atoms. The van der Waals surface area contributed by atoms with E-state index in [9.17, 15) is 15.0 Å². The maximum absolute atomic E-state index is 11.5. The topological polar surface area (TPSA) is 57.5 Å². The molecule has 0 aliphatic carbocycles. The van der Waals surface area contributed by atoms with Crippen molar-refractivity contribution in [1.29, 1.82) is 0 Å². The van der Waals surface area contributed by atoms with Gasteiger partial charge in [0.05, 0.1) is 0 Å². The molecule has 0 aliphatic rings. The first-order valence-corrected chi connectivity index (χ1v) is 10.1. The van der Waals surface area contributed by atoms with Gasteiger partial charge in [0, 0.05) is 0 Å². The van der Waals surface area contributed by atoms with E-state index in [-0.39, 0.29) is 6.42 Å². The molecule has 1 unspecified atom stereocenters. The van der Waals surface area contributed by atoms with Gasteiger partial charge in [-0.1, -0.05) is 108 Å². The first-order chi connectivity index (χ1) is 12.1. The molecule has 0 fully saturated rings. The van der Waals surface area contributed by atoms with Crippen LogP contribution >= 0.6 is 0 Å². The number of aliphatic hydroxyl groups is 1. The largest absolute Gasteiger partial charge is 0.479 e. The maximum atomic E-state index is 11.5. The number of carboxylic acids is 1. The second-order valence-corrected chi connectivity index (χ2v) is 7.17. The van der Waals surface area contributed by atoms with Crippen LogP contribution in [0.15, 0.2) is 30.3 Å². The van der Waals surface area contributed by atoms with Crippen LogP contribution in [0.2, 0.25) is 0 Å². The van der Waals surface area contributed by atoms with Crippen molar-refractivity contribution in [2.24, 2.45) is 0 Å². The molecule has 1 rings (SSSR count). The minimum atomic E-state index is -1.75. The van der Waals surface area contributed by atoms with E-state index < -0.39 is 11.6 Å². The predicted molar refractivity (Wildman–Crippen MR) is 104 cm³/mol. The molecule has 0 heterocycles. The Hall–Kier alpha value is -1.35. The van der Waals surface area contributed by atoms with Crippen LogP contribution in [0.5, 0.6) is 0 Å². The lowest BCUT2D eigenvalue weighted by atomic mass is 9.88. The normalized spacial score (nSPS) is 13.5. The number of carbonyl (C=O) groups is 1. The van der Waals surface area contributed by atoms with Crippen molar-refractivity contribution in [3.8, 4) is 0 Å². The molecule has 0 saturated carbocycles. The van der Waals surface area contributed by atoms with Crippen molar-refractivity contribution < 1.29 is 15.0 Å². The third-order valence-electron chi connectivity index (χ3n) is 5.00. The molecular weight excluding hydrogens is 312 g/mol. The summed E-state index contributed by atoms with van der Waals surface area (Å²) in [4.78, 5) is 11.5. The average molecular weight is 349 g/mol. The highest BCUT2D eigenvalue weighted by Crippen LogP contribution is 2.28. The van der Waals surface area contributed by atoms with Crippen LogP contribution in [0, 0.1) is 0 Å². The van der Waals surface area contributed by atoms with Gasteiger partial charge in [-0.05, 0) is 18.4 Å². The molecule has 25 heavy (non-hydrogen) atoms. The third kappa shape index (κ3) is 8.53. The van der Waals surface area contributed by atoms with Crippen LogP contribution in [-0.2, 0) is 10.4 Å². The van der Waals surface area contributed by atoms with E-state index in [0.29, 0.717) is 5.56 Å². The van der Waals surface area contributed by atoms with Crippen LogP contribution < -0.4 is 0 Å². The van der Waals surface area contributed by atoms with Gasteiger partial charge in [0.1, 0.15) is 0 Å². The zero-order valence-corrected chi connectivity index (χ0v) is 15.9.